The lowest BCUT2D eigenvalue weighted by molar-refractivity contribution is 0.669. The molecule has 0 unspecified atom stereocenters. The van der Waals surface area contributed by atoms with Gasteiger partial charge >= 0.3 is 0 Å². The summed E-state index contributed by atoms with van der Waals surface area (Å²) < 4.78 is 15.2. The molecular formula is C46H27NO2S. The smallest absolute Gasteiger partial charge is 0.143 e. The van der Waals surface area contributed by atoms with Crippen molar-refractivity contribution >= 4 is 103 Å². The summed E-state index contributed by atoms with van der Waals surface area (Å²) >= 11 is 1.84. The van der Waals surface area contributed by atoms with Crippen LogP contribution in [-0.4, -0.2) is 0 Å². The lowest BCUT2D eigenvalue weighted by atomic mass is 10.0. The molecule has 0 radical (unpaired) electrons. The van der Waals surface area contributed by atoms with Gasteiger partial charge in [0.2, 0.25) is 0 Å². The Bertz CT molecular complexity index is 3110. The van der Waals surface area contributed by atoms with Crippen LogP contribution in [0.1, 0.15) is 0 Å². The SMILES string of the molecule is c1ccc2c(c1)ccc1c3cc(-c4ccc(N(c5ccc6c(c5)sc5ccccc56)c5ccc6oc7ccccc7c6c5)cc4)ccc3oc21. The van der Waals surface area contributed by atoms with Gasteiger partial charge in [-0.1, -0.05) is 91.0 Å². The summed E-state index contributed by atoms with van der Waals surface area (Å²) in [7, 11) is 0. The molecule has 0 bridgehead atoms. The molecular weight excluding hydrogens is 631 g/mol. The second-order valence-electron chi connectivity index (χ2n) is 12.9. The second-order valence-corrected chi connectivity index (χ2v) is 14.0. The van der Waals surface area contributed by atoms with Gasteiger partial charge in [0.05, 0.1) is 0 Å². The van der Waals surface area contributed by atoms with Crippen molar-refractivity contribution in [3.8, 4) is 11.1 Å². The number of benzene rings is 8. The van der Waals surface area contributed by atoms with Crippen molar-refractivity contribution < 1.29 is 8.83 Å². The Labute approximate surface area is 290 Å². The van der Waals surface area contributed by atoms with Gasteiger partial charge in [-0.2, -0.15) is 0 Å². The summed E-state index contributed by atoms with van der Waals surface area (Å²) in [6, 6.07) is 58.5. The number of nitrogens with zero attached hydrogens (tertiary/aromatic N) is 1. The predicted molar refractivity (Wildman–Crippen MR) is 212 cm³/mol. The van der Waals surface area contributed by atoms with Gasteiger partial charge in [-0.15, -0.1) is 11.3 Å². The number of furan rings is 2. The topological polar surface area (TPSA) is 29.5 Å². The molecule has 0 fully saturated rings. The number of para-hydroxylation sites is 1. The molecule has 0 atom stereocenters. The van der Waals surface area contributed by atoms with E-state index in [0.29, 0.717) is 0 Å². The minimum atomic E-state index is 0.889. The van der Waals surface area contributed by atoms with E-state index in [1.54, 1.807) is 0 Å². The molecule has 4 heteroatoms. The zero-order valence-electron chi connectivity index (χ0n) is 26.8. The van der Waals surface area contributed by atoms with E-state index < -0.39 is 0 Å². The Morgan fingerprint density at radius 2 is 0.980 bits per heavy atom. The van der Waals surface area contributed by atoms with E-state index in [2.05, 4.69) is 157 Å². The van der Waals surface area contributed by atoms with E-state index in [-0.39, 0.29) is 0 Å². The molecule has 0 saturated carbocycles. The monoisotopic (exact) mass is 657 g/mol. The van der Waals surface area contributed by atoms with Crippen LogP contribution in [0.15, 0.2) is 173 Å². The van der Waals surface area contributed by atoms with Crippen molar-refractivity contribution in [3.05, 3.63) is 164 Å². The fraction of sp³-hybridized carbons (Fsp3) is 0. The average Bonchev–Trinajstić information content (AvgIpc) is 3.86. The maximum atomic E-state index is 6.39. The van der Waals surface area contributed by atoms with E-state index in [1.165, 1.54) is 25.6 Å². The van der Waals surface area contributed by atoms with Crippen LogP contribution in [0.2, 0.25) is 0 Å². The number of anilines is 3. The van der Waals surface area contributed by atoms with Crippen LogP contribution in [0.4, 0.5) is 17.1 Å². The van der Waals surface area contributed by atoms with E-state index >= 15 is 0 Å². The molecule has 0 saturated heterocycles. The molecule has 11 rings (SSSR count). The fourth-order valence-electron chi connectivity index (χ4n) is 7.64. The van der Waals surface area contributed by atoms with Gasteiger partial charge in [0.25, 0.3) is 0 Å². The summed E-state index contributed by atoms with van der Waals surface area (Å²) in [5.74, 6) is 0. The van der Waals surface area contributed by atoms with Crippen molar-refractivity contribution in [2.45, 2.75) is 0 Å². The molecule has 0 aliphatic heterocycles. The van der Waals surface area contributed by atoms with Crippen LogP contribution in [0.3, 0.4) is 0 Å². The standard InChI is InChI=1S/C46H27NO2S/c1-2-8-34-29(7-1)15-21-38-39-25-30(16-23-43(39)49-46(34)38)28-13-17-31(18-14-28)47(32-20-24-42-40(26-32)35-9-3-5-11-41(35)48-42)33-19-22-37-36-10-4-6-12-44(36)50-45(37)27-33/h1-27H. The highest BCUT2D eigenvalue weighted by Crippen LogP contribution is 2.43. The minimum Gasteiger partial charge on any atom is -0.456 e. The first kappa shape index (κ1) is 27.6. The van der Waals surface area contributed by atoms with Crippen LogP contribution in [0, 0.1) is 0 Å². The van der Waals surface area contributed by atoms with Gasteiger partial charge in [-0.05, 0) is 89.3 Å². The first-order valence-corrected chi connectivity index (χ1v) is 17.6. The highest BCUT2D eigenvalue weighted by Gasteiger charge is 2.18. The first-order chi connectivity index (χ1) is 24.7. The zero-order chi connectivity index (χ0) is 32.8. The molecule has 234 valence electrons. The van der Waals surface area contributed by atoms with Crippen molar-refractivity contribution in [1.29, 1.82) is 0 Å². The van der Waals surface area contributed by atoms with Crippen molar-refractivity contribution in [2.75, 3.05) is 4.90 Å². The largest absolute Gasteiger partial charge is 0.456 e. The third-order valence-corrected chi connectivity index (χ3v) is 11.2. The maximum absolute atomic E-state index is 6.39. The number of hydrogen-bond acceptors (Lipinski definition) is 4. The molecule has 0 aliphatic carbocycles. The predicted octanol–water partition coefficient (Wildman–Crippen LogP) is 14.1. The van der Waals surface area contributed by atoms with E-state index in [0.717, 1.165) is 77.5 Å². The minimum absolute atomic E-state index is 0.889. The summed E-state index contributed by atoms with van der Waals surface area (Å²) in [5.41, 5.74) is 9.23. The highest BCUT2D eigenvalue weighted by molar-refractivity contribution is 7.25. The average molecular weight is 658 g/mol. The zero-order valence-corrected chi connectivity index (χ0v) is 27.6. The quantitative estimate of drug-likeness (QED) is 0.189. The summed E-state index contributed by atoms with van der Waals surface area (Å²) in [4.78, 5) is 2.35. The van der Waals surface area contributed by atoms with E-state index in [1.807, 2.05) is 23.5 Å². The number of thiophene rings is 1. The van der Waals surface area contributed by atoms with Crippen molar-refractivity contribution in [1.82, 2.24) is 0 Å². The molecule has 0 aliphatic rings. The molecule has 8 aromatic carbocycles. The lowest BCUT2D eigenvalue weighted by Crippen LogP contribution is -2.09. The van der Waals surface area contributed by atoms with Crippen LogP contribution in [-0.2, 0) is 0 Å². The normalized spacial score (nSPS) is 12.0. The Hall–Kier alpha value is -6.36. The molecule has 50 heavy (non-hydrogen) atoms. The molecule has 0 spiro atoms. The third-order valence-electron chi connectivity index (χ3n) is 10.1. The number of rotatable bonds is 4. The maximum Gasteiger partial charge on any atom is 0.143 e. The second kappa shape index (κ2) is 10.6. The summed E-state index contributed by atoms with van der Waals surface area (Å²) in [5, 5.41) is 9.42. The molecule has 11 aromatic rings. The Morgan fingerprint density at radius 1 is 0.360 bits per heavy atom. The van der Waals surface area contributed by atoms with Crippen LogP contribution in [0.25, 0.3) is 85.9 Å². The number of fused-ring (bicyclic) bond motifs is 11. The summed E-state index contributed by atoms with van der Waals surface area (Å²) in [6.45, 7) is 0. The van der Waals surface area contributed by atoms with Gasteiger partial charge in [0.1, 0.15) is 22.3 Å². The molecule has 3 nitrogen and oxygen atoms in total. The highest BCUT2D eigenvalue weighted by atomic mass is 32.1. The van der Waals surface area contributed by atoms with E-state index in [9.17, 15) is 0 Å². The van der Waals surface area contributed by atoms with Gasteiger partial charge in [-0.25, -0.2) is 0 Å². The Kier molecular flexibility index (Phi) is 5.83. The first-order valence-electron chi connectivity index (χ1n) is 16.8. The van der Waals surface area contributed by atoms with Crippen molar-refractivity contribution in [3.63, 3.8) is 0 Å². The van der Waals surface area contributed by atoms with Crippen LogP contribution < -0.4 is 4.90 Å². The summed E-state index contributed by atoms with van der Waals surface area (Å²) in [6.07, 6.45) is 0. The molecule has 0 N–H and O–H groups in total. The van der Waals surface area contributed by atoms with E-state index in [4.69, 9.17) is 8.83 Å². The van der Waals surface area contributed by atoms with Gasteiger partial charge in [0.15, 0.2) is 0 Å². The molecule has 3 aromatic heterocycles. The Morgan fingerprint density at radius 3 is 1.90 bits per heavy atom. The fourth-order valence-corrected chi connectivity index (χ4v) is 8.78. The molecule has 3 heterocycles. The Balaban J connectivity index is 1.05. The van der Waals surface area contributed by atoms with Gasteiger partial charge < -0.3 is 13.7 Å². The molecule has 0 amide bonds. The van der Waals surface area contributed by atoms with Crippen LogP contribution >= 0.6 is 11.3 Å². The van der Waals surface area contributed by atoms with Crippen LogP contribution in [0.5, 0.6) is 0 Å². The lowest BCUT2D eigenvalue weighted by Gasteiger charge is -2.26. The van der Waals surface area contributed by atoms with Crippen molar-refractivity contribution in [2.24, 2.45) is 0 Å². The third kappa shape index (κ3) is 4.16. The van der Waals surface area contributed by atoms with Gasteiger partial charge in [0, 0.05) is 64.2 Å². The van der Waals surface area contributed by atoms with Gasteiger partial charge in [-0.3, -0.25) is 0 Å². The number of hydrogen-bond donors (Lipinski definition) is 0.